The average molecular weight is 507 g/mol. The molecule has 1 aliphatic carbocycles. The number of carboxylic acids is 1. The minimum Gasteiger partial charge on any atom is -0.479 e. The molecule has 0 fully saturated rings. The van der Waals surface area contributed by atoms with Gasteiger partial charge in [0.05, 0.1) is 0 Å². The molecule has 0 aliphatic heterocycles. The molecule has 0 amide bonds. The van der Waals surface area contributed by atoms with E-state index >= 15 is 0 Å². The number of rotatable bonds is 6. The number of ether oxygens (including phenoxy) is 1. The van der Waals surface area contributed by atoms with E-state index in [1.165, 1.54) is 0 Å². The maximum absolute atomic E-state index is 12.5. The monoisotopic (exact) mass is 506 g/mol. The molecule has 5 aromatic rings. The van der Waals surface area contributed by atoms with E-state index in [1.807, 2.05) is 91.0 Å². The Kier molecular flexibility index (Phi) is 5.91. The predicted octanol–water partition coefficient (Wildman–Crippen LogP) is 8.23. The molecule has 2 atom stereocenters. The Hall–Kier alpha value is -4.12. The first kappa shape index (κ1) is 23.3. The van der Waals surface area contributed by atoms with E-state index in [1.54, 1.807) is 24.3 Å². The highest BCUT2D eigenvalue weighted by molar-refractivity contribution is 6.33. The van der Waals surface area contributed by atoms with Crippen LogP contribution in [0.3, 0.4) is 0 Å². The topological polar surface area (TPSA) is 59.7 Å². The molecule has 0 bridgehead atoms. The SMILES string of the molecule is O=C(O)C(OC1(c2cccc3c2oc2ccccc23)C=CC(c2ccccc2)=C(Cl)C1)c1ccccc1. The standard InChI is InChI=1S/C32H23ClO4/c33-27-20-32(19-18-23(27)21-10-3-1-4-11-21,37-29(31(34)35)22-12-5-2-6-13-22)26-16-9-15-25-24-14-7-8-17-28(24)36-30(25)26/h1-19,29H,20H2,(H,34,35). The first-order chi connectivity index (χ1) is 18.1. The molecule has 37 heavy (non-hydrogen) atoms. The van der Waals surface area contributed by atoms with Gasteiger partial charge in [-0.05, 0) is 28.8 Å². The number of para-hydroxylation sites is 2. The molecule has 5 heteroatoms. The molecule has 1 aliphatic rings. The molecule has 4 nitrogen and oxygen atoms in total. The molecule has 4 aromatic carbocycles. The van der Waals surface area contributed by atoms with Crippen LogP contribution in [0, 0.1) is 0 Å². The van der Waals surface area contributed by atoms with Crippen LogP contribution in [-0.4, -0.2) is 11.1 Å². The quantitative estimate of drug-likeness (QED) is 0.252. The van der Waals surface area contributed by atoms with Gasteiger partial charge in [0.1, 0.15) is 16.8 Å². The number of furan rings is 1. The van der Waals surface area contributed by atoms with Crippen molar-refractivity contribution in [2.75, 3.05) is 0 Å². The van der Waals surface area contributed by atoms with Gasteiger partial charge in [-0.15, -0.1) is 0 Å². The van der Waals surface area contributed by atoms with E-state index in [-0.39, 0.29) is 6.42 Å². The number of allylic oxidation sites excluding steroid dienone is 2. The molecule has 1 aromatic heterocycles. The minimum atomic E-state index is -1.21. The summed E-state index contributed by atoms with van der Waals surface area (Å²) in [6.07, 6.45) is 2.88. The minimum absolute atomic E-state index is 0.252. The smallest absolute Gasteiger partial charge is 0.337 e. The second kappa shape index (κ2) is 9.40. The second-order valence-corrected chi connectivity index (χ2v) is 9.57. The van der Waals surface area contributed by atoms with Crippen molar-refractivity contribution < 1.29 is 19.1 Å². The molecular formula is C32H23ClO4. The summed E-state index contributed by atoms with van der Waals surface area (Å²) in [5, 5.41) is 12.7. The first-order valence-electron chi connectivity index (χ1n) is 12.1. The maximum atomic E-state index is 12.5. The average Bonchev–Trinajstić information content (AvgIpc) is 3.31. The summed E-state index contributed by atoms with van der Waals surface area (Å²) in [6, 6.07) is 32.6. The second-order valence-electron chi connectivity index (χ2n) is 9.11. The summed E-state index contributed by atoms with van der Waals surface area (Å²) in [4.78, 5) is 12.5. The predicted molar refractivity (Wildman–Crippen MR) is 146 cm³/mol. The van der Waals surface area contributed by atoms with Crippen LogP contribution in [0.5, 0.6) is 0 Å². The van der Waals surface area contributed by atoms with Gasteiger partial charge < -0.3 is 14.3 Å². The Morgan fingerprint density at radius 3 is 2.27 bits per heavy atom. The third kappa shape index (κ3) is 4.14. The fraction of sp³-hybridized carbons (Fsp3) is 0.0938. The Labute approximate surface area is 219 Å². The van der Waals surface area contributed by atoms with Crippen LogP contribution >= 0.6 is 11.6 Å². The lowest BCUT2D eigenvalue weighted by Gasteiger charge is -2.36. The number of hydrogen-bond donors (Lipinski definition) is 1. The molecule has 0 saturated heterocycles. The summed E-state index contributed by atoms with van der Waals surface area (Å²) in [6.45, 7) is 0. The Balaban J connectivity index is 1.55. The highest BCUT2D eigenvalue weighted by atomic mass is 35.5. The normalized spacial score (nSPS) is 18.4. The molecule has 182 valence electrons. The van der Waals surface area contributed by atoms with Crippen LogP contribution in [0.15, 0.2) is 125 Å². The van der Waals surface area contributed by atoms with Gasteiger partial charge in [0.25, 0.3) is 0 Å². The number of hydrogen-bond acceptors (Lipinski definition) is 3. The highest BCUT2D eigenvalue weighted by Crippen LogP contribution is 2.48. The van der Waals surface area contributed by atoms with Crippen molar-refractivity contribution in [1.29, 1.82) is 0 Å². The van der Waals surface area contributed by atoms with Crippen LogP contribution in [-0.2, 0) is 15.1 Å². The Bertz CT molecular complexity index is 1670. The lowest BCUT2D eigenvalue weighted by Crippen LogP contribution is -2.34. The summed E-state index contributed by atoms with van der Waals surface area (Å²) in [7, 11) is 0. The van der Waals surface area contributed by atoms with Crippen molar-refractivity contribution in [1.82, 2.24) is 0 Å². The highest BCUT2D eigenvalue weighted by Gasteiger charge is 2.41. The van der Waals surface area contributed by atoms with Crippen LogP contribution in [0.1, 0.15) is 29.2 Å². The van der Waals surface area contributed by atoms with Crippen molar-refractivity contribution in [3.63, 3.8) is 0 Å². The third-order valence-electron chi connectivity index (χ3n) is 6.83. The first-order valence-corrected chi connectivity index (χ1v) is 12.4. The van der Waals surface area contributed by atoms with Crippen molar-refractivity contribution >= 4 is 45.1 Å². The van der Waals surface area contributed by atoms with E-state index in [4.69, 9.17) is 20.8 Å². The van der Waals surface area contributed by atoms with Crippen LogP contribution < -0.4 is 0 Å². The number of carboxylic acid groups (broad SMARTS) is 1. The Morgan fingerprint density at radius 2 is 1.54 bits per heavy atom. The molecule has 0 spiro atoms. The zero-order chi connectivity index (χ0) is 25.4. The zero-order valence-electron chi connectivity index (χ0n) is 19.8. The van der Waals surface area contributed by atoms with Gasteiger partial charge in [-0.2, -0.15) is 0 Å². The Morgan fingerprint density at radius 1 is 0.865 bits per heavy atom. The van der Waals surface area contributed by atoms with Gasteiger partial charge in [-0.1, -0.05) is 115 Å². The largest absolute Gasteiger partial charge is 0.479 e. The maximum Gasteiger partial charge on any atom is 0.337 e. The molecule has 2 unspecified atom stereocenters. The van der Waals surface area contributed by atoms with Crippen LogP contribution in [0.4, 0.5) is 0 Å². The lowest BCUT2D eigenvalue weighted by molar-refractivity contribution is -0.161. The number of aliphatic carboxylic acids is 1. The molecule has 0 saturated carbocycles. The number of benzene rings is 4. The van der Waals surface area contributed by atoms with Gasteiger partial charge >= 0.3 is 5.97 Å². The lowest BCUT2D eigenvalue weighted by atomic mass is 9.82. The van der Waals surface area contributed by atoms with Gasteiger partial charge in [0.2, 0.25) is 0 Å². The van der Waals surface area contributed by atoms with Gasteiger partial charge in [-0.3, -0.25) is 0 Å². The molecule has 0 radical (unpaired) electrons. The summed E-state index contributed by atoms with van der Waals surface area (Å²) in [5.74, 6) is -1.08. The molecular weight excluding hydrogens is 484 g/mol. The molecule has 6 rings (SSSR count). The van der Waals surface area contributed by atoms with E-state index in [2.05, 4.69) is 0 Å². The number of carbonyl (C=O) groups is 1. The summed E-state index contributed by atoms with van der Waals surface area (Å²) >= 11 is 6.96. The van der Waals surface area contributed by atoms with E-state index in [0.29, 0.717) is 16.2 Å². The zero-order valence-corrected chi connectivity index (χ0v) is 20.6. The van der Waals surface area contributed by atoms with Gasteiger partial charge in [-0.25, -0.2) is 4.79 Å². The van der Waals surface area contributed by atoms with E-state index in [0.717, 1.165) is 33.1 Å². The van der Waals surface area contributed by atoms with Crippen LogP contribution in [0.25, 0.3) is 27.5 Å². The third-order valence-corrected chi connectivity index (χ3v) is 7.17. The van der Waals surface area contributed by atoms with Gasteiger partial charge in [0.15, 0.2) is 6.10 Å². The van der Waals surface area contributed by atoms with Crippen LogP contribution in [0.2, 0.25) is 0 Å². The van der Waals surface area contributed by atoms with Gasteiger partial charge in [0, 0.05) is 27.8 Å². The molecule has 1 N–H and O–H groups in total. The fourth-order valence-corrected chi connectivity index (χ4v) is 5.44. The summed E-state index contributed by atoms with van der Waals surface area (Å²) < 4.78 is 12.9. The summed E-state index contributed by atoms with van der Waals surface area (Å²) in [5.41, 5.74) is 3.37. The van der Waals surface area contributed by atoms with Crippen molar-refractivity contribution in [3.05, 3.63) is 137 Å². The van der Waals surface area contributed by atoms with Crippen molar-refractivity contribution in [2.24, 2.45) is 0 Å². The van der Waals surface area contributed by atoms with E-state index in [9.17, 15) is 9.90 Å². The van der Waals surface area contributed by atoms with E-state index < -0.39 is 17.7 Å². The number of fused-ring (bicyclic) bond motifs is 3. The van der Waals surface area contributed by atoms with Crippen molar-refractivity contribution in [2.45, 2.75) is 18.1 Å². The van der Waals surface area contributed by atoms with Crippen molar-refractivity contribution in [3.8, 4) is 0 Å². The molecule has 1 heterocycles. The number of halogens is 1. The fourth-order valence-electron chi connectivity index (χ4n) is 5.07.